The largest absolute Gasteiger partial charge is 0.440 e. The third-order valence-electron chi connectivity index (χ3n) is 2.55. The molecule has 0 atom stereocenters. The van der Waals surface area contributed by atoms with Crippen molar-refractivity contribution in [3.63, 3.8) is 0 Å². The molecule has 0 N–H and O–H groups in total. The Morgan fingerprint density at radius 2 is 2.19 bits per heavy atom. The zero-order chi connectivity index (χ0) is 11.1. The molecule has 0 aliphatic rings. The molecule has 0 bridgehead atoms. The number of benzene rings is 1. The molecule has 3 aromatic rings. The lowest BCUT2D eigenvalue weighted by molar-refractivity contribution is 0.563. The number of oxazole rings is 1. The van der Waals surface area contributed by atoms with E-state index in [1.807, 2.05) is 13.0 Å². The second-order valence-electron chi connectivity index (χ2n) is 3.69. The van der Waals surface area contributed by atoms with E-state index in [1.54, 1.807) is 6.20 Å². The second kappa shape index (κ2) is 3.56. The Morgan fingerprint density at radius 1 is 1.31 bits per heavy atom. The highest BCUT2D eigenvalue weighted by Crippen LogP contribution is 2.25. The number of hydrogen-bond acceptors (Lipinski definition) is 3. The van der Waals surface area contributed by atoms with E-state index in [-0.39, 0.29) is 0 Å². The number of nitrogens with zero attached hydrogens (tertiary/aromatic N) is 2. The number of halogens is 1. The number of alkyl halides is 1. The van der Waals surface area contributed by atoms with Gasteiger partial charge >= 0.3 is 0 Å². The van der Waals surface area contributed by atoms with Crippen LogP contribution in [0.5, 0.6) is 0 Å². The highest BCUT2D eigenvalue weighted by Gasteiger charge is 2.08. The van der Waals surface area contributed by atoms with Crippen molar-refractivity contribution in [2.45, 2.75) is 12.3 Å². The van der Waals surface area contributed by atoms with Crippen molar-refractivity contribution in [3.8, 4) is 0 Å². The van der Waals surface area contributed by atoms with Gasteiger partial charge in [-0.3, -0.25) is 4.98 Å². The van der Waals surface area contributed by atoms with Gasteiger partial charge < -0.3 is 4.42 Å². The van der Waals surface area contributed by atoms with Gasteiger partial charge in [-0.15, -0.1) is 0 Å². The summed E-state index contributed by atoms with van der Waals surface area (Å²) in [5.74, 6) is 0.675. The van der Waals surface area contributed by atoms with Crippen molar-refractivity contribution in [2.75, 3.05) is 0 Å². The average Bonchev–Trinajstić information content (AvgIpc) is 2.69. The minimum atomic E-state index is 0.675. The molecule has 0 aliphatic heterocycles. The SMILES string of the molecule is Cc1nc2cnc3cc(CBr)ccc3c2o1. The Bertz CT molecular complexity index is 675. The van der Waals surface area contributed by atoms with E-state index in [1.165, 1.54) is 5.56 Å². The maximum atomic E-state index is 5.59. The molecule has 0 aliphatic carbocycles. The van der Waals surface area contributed by atoms with Gasteiger partial charge in [0.2, 0.25) is 0 Å². The Morgan fingerprint density at radius 3 is 3.00 bits per heavy atom. The molecule has 3 nitrogen and oxygen atoms in total. The average molecular weight is 277 g/mol. The van der Waals surface area contributed by atoms with Gasteiger partial charge in [0.1, 0.15) is 5.52 Å². The molecule has 0 fully saturated rings. The van der Waals surface area contributed by atoms with Gasteiger partial charge in [0.05, 0.1) is 11.7 Å². The van der Waals surface area contributed by atoms with E-state index in [4.69, 9.17) is 4.42 Å². The Kier molecular flexibility index (Phi) is 2.17. The molecule has 3 rings (SSSR count). The van der Waals surface area contributed by atoms with E-state index in [9.17, 15) is 0 Å². The van der Waals surface area contributed by atoms with Gasteiger partial charge in [0, 0.05) is 17.6 Å². The summed E-state index contributed by atoms with van der Waals surface area (Å²) < 4.78 is 5.59. The van der Waals surface area contributed by atoms with Crippen LogP contribution in [0.1, 0.15) is 11.5 Å². The van der Waals surface area contributed by atoms with E-state index >= 15 is 0 Å². The zero-order valence-electron chi connectivity index (χ0n) is 8.70. The van der Waals surface area contributed by atoms with E-state index in [0.717, 1.165) is 27.3 Å². The summed E-state index contributed by atoms with van der Waals surface area (Å²) in [5.41, 5.74) is 3.79. The summed E-state index contributed by atoms with van der Waals surface area (Å²) in [4.78, 5) is 8.66. The summed E-state index contributed by atoms with van der Waals surface area (Å²) in [5, 5.41) is 1.85. The van der Waals surface area contributed by atoms with Crippen LogP contribution in [-0.4, -0.2) is 9.97 Å². The lowest BCUT2D eigenvalue weighted by Crippen LogP contribution is -1.83. The number of aryl methyl sites for hydroxylation is 1. The fourth-order valence-electron chi connectivity index (χ4n) is 1.81. The highest BCUT2D eigenvalue weighted by atomic mass is 79.9. The Labute approximate surface area is 101 Å². The molecule has 2 aromatic heterocycles. The van der Waals surface area contributed by atoms with E-state index < -0.39 is 0 Å². The molecular weight excluding hydrogens is 268 g/mol. The van der Waals surface area contributed by atoms with E-state index in [0.29, 0.717) is 5.89 Å². The predicted octanol–water partition coefficient (Wildman–Crippen LogP) is 3.58. The van der Waals surface area contributed by atoms with Gasteiger partial charge in [-0.05, 0) is 17.7 Å². The number of pyridine rings is 1. The lowest BCUT2D eigenvalue weighted by Gasteiger charge is -1.99. The van der Waals surface area contributed by atoms with Crippen molar-refractivity contribution >= 4 is 37.9 Å². The highest BCUT2D eigenvalue weighted by molar-refractivity contribution is 9.08. The summed E-state index contributed by atoms with van der Waals surface area (Å²) in [6, 6.07) is 6.16. The number of rotatable bonds is 1. The molecular formula is C12H9BrN2O. The van der Waals surface area contributed by atoms with Gasteiger partial charge in [0.15, 0.2) is 11.5 Å². The first-order chi connectivity index (χ1) is 7.78. The zero-order valence-corrected chi connectivity index (χ0v) is 10.3. The molecule has 1 aromatic carbocycles. The molecule has 4 heteroatoms. The monoisotopic (exact) mass is 276 g/mol. The Hall–Kier alpha value is -1.42. The fraction of sp³-hybridized carbons (Fsp3) is 0.167. The molecule has 80 valence electrons. The fourth-order valence-corrected chi connectivity index (χ4v) is 2.16. The topological polar surface area (TPSA) is 38.9 Å². The summed E-state index contributed by atoms with van der Waals surface area (Å²) in [7, 11) is 0. The van der Waals surface area contributed by atoms with Crippen molar-refractivity contribution in [1.82, 2.24) is 9.97 Å². The normalized spacial score (nSPS) is 11.4. The summed E-state index contributed by atoms with van der Waals surface area (Å²) in [6.45, 7) is 1.85. The van der Waals surface area contributed by atoms with Crippen LogP contribution in [0, 0.1) is 6.92 Å². The molecule has 0 spiro atoms. The summed E-state index contributed by atoms with van der Waals surface area (Å²) in [6.07, 6.45) is 1.76. The van der Waals surface area contributed by atoms with Crippen LogP contribution in [0.2, 0.25) is 0 Å². The van der Waals surface area contributed by atoms with Gasteiger partial charge in [0.25, 0.3) is 0 Å². The van der Waals surface area contributed by atoms with Crippen LogP contribution in [-0.2, 0) is 5.33 Å². The number of fused-ring (bicyclic) bond motifs is 3. The minimum absolute atomic E-state index is 0.675. The maximum absolute atomic E-state index is 5.59. The smallest absolute Gasteiger partial charge is 0.192 e. The Balaban J connectivity index is 2.42. The first kappa shape index (κ1) is 9.78. The van der Waals surface area contributed by atoms with Crippen molar-refractivity contribution in [3.05, 3.63) is 35.9 Å². The molecule has 0 saturated heterocycles. The molecule has 2 heterocycles. The maximum Gasteiger partial charge on any atom is 0.192 e. The molecule has 0 saturated carbocycles. The van der Waals surface area contributed by atoms with Gasteiger partial charge in [-0.2, -0.15) is 0 Å². The van der Waals surface area contributed by atoms with Gasteiger partial charge in [-0.25, -0.2) is 4.98 Å². The minimum Gasteiger partial charge on any atom is -0.440 e. The van der Waals surface area contributed by atoms with Crippen LogP contribution in [0.15, 0.2) is 28.8 Å². The quantitative estimate of drug-likeness (QED) is 0.638. The first-order valence-corrected chi connectivity index (χ1v) is 6.11. The van der Waals surface area contributed by atoms with Crippen LogP contribution < -0.4 is 0 Å². The van der Waals surface area contributed by atoms with Crippen LogP contribution >= 0.6 is 15.9 Å². The lowest BCUT2D eigenvalue weighted by atomic mass is 10.1. The predicted molar refractivity (Wildman–Crippen MR) is 66.7 cm³/mol. The third kappa shape index (κ3) is 1.41. The van der Waals surface area contributed by atoms with Crippen LogP contribution in [0.25, 0.3) is 22.0 Å². The van der Waals surface area contributed by atoms with Crippen molar-refractivity contribution in [2.24, 2.45) is 0 Å². The molecule has 0 radical (unpaired) electrons. The molecule has 0 unspecified atom stereocenters. The number of hydrogen-bond donors (Lipinski definition) is 0. The third-order valence-corrected chi connectivity index (χ3v) is 3.19. The van der Waals surface area contributed by atoms with E-state index in [2.05, 4.69) is 38.0 Å². The molecule has 16 heavy (non-hydrogen) atoms. The summed E-state index contributed by atoms with van der Waals surface area (Å²) >= 11 is 3.43. The molecule has 0 amide bonds. The van der Waals surface area contributed by atoms with Gasteiger partial charge in [-0.1, -0.05) is 22.0 Å². The van der Waals surface area contributed by atoms with Crippen LogP contribution in [0.4, 0.5) is 0 Å². The number of aromatic nitrogens is 2. The standard InChI is InChI=1S/C12H9BrN2O/c1-7-15-11-6-14-10-4-8(5-13)2-3-9(10)12(11)16-7/h2-4,6H,5H2,1H3. The van der Waals surface area contributed by atoms with Crippen LogP contribution in [0.3, 0.4) is 0 Å². The van der Waals surface area contributed by atoms with Crippen molar-refractivity contribution in [1.29, 1.82) is 0 Å². The van der Waals surface area contributed by atoms with Crippen molar-refractivity contribution < 1.29 is 4.42 Å². The first-order valence-electron chi connectivity index (χ1n) is 4.98. The second-order valence-corrected chi connectivity index (χ2v) is 4.25.